The van der Waals surface area contributed by atoms with Gasteiger partial charge in [0.1, 0.15) is 17.4 Å². The quantitative estimate of drug-likeness (QED) is 0.404. The third-order valence-electron chi connectivity index (χ3n) is 3.94. The molecule has 2 aromatic carbocycles. The molecule has 29 heavy (non-hydrogen) atoms. The van der Waals surface area contributed by atoms with Gasteiger partial charge in [-0.25, -0.2) is 8.78 Å². The number of alkyl halides is 3. The largest absolute Gasteiger partial charge is 0.437 e. The minimum atomic E-state index is -4.67. The fourth-order valence-electron chi connectivity index (χ4n) is 2.63. The molecule has 0 spiro atoms. The first-order valence-electron chi connectivity index (χ1n) is 7.95. The first-order chi connectivity index (χ1) is 13.7. The second-order valence-electron chi connectivity index (χ2n) is 5.85. The first kappa shape index (κ1) is 19.1. The van der Waals surface area contributed by atoms with Gasteiger partial charge in [0.05, 0.1) is 5.56 Å². The predicted molar refractivity (Wildman–Crippen MR) is 92.7 cm³/mol. The molecule has 0 aliphatic carbocycles. The summed E-state index contributed by atoms with van der Waals surface area (Å²) >= 11 is 5.84. The summed E-state index contributed by atoms with van der Waals surface area (Å²) in [5.41, 5.74) is -1.20. The number of nitrogens with zero attached hydrogens (tertiary/aromatic N) is 4. The number of hydrogen-bond donors (Lipinski definition) is 0. The summed E-state index contributed by atoms with van der Waals surface area (Å²) in [5.74, 6) is -2.09. The molecular formula is C18H8ClF5N4O. The van der Waals surface area contributed by atoms with Crippen LogP contribution in [0.2, 0.25) is 5.28 Å². The molecule has 2 aromatic heterocycles. The molecule has 0 fully saturated rings. The number of ether oxygens (including phenoxy) is 1. The molecule has 2 heterocycles. The number of aromatic nitrogens is 4. The van der Waals surface area contributed by atoms with Gasteiger partial charge in [0, 0.05) is 23.3 Å². The van der Waals surface area contributed by atoms with Crippen molar-refractivity contribution >= 4 is 17.2 Å². The summed E-state index contributed by atoms with van der Waals surface area (Å²) in [6, 6.07) is 7.93. The zero-order valence-electron chi connectivity index (χ0n) is 14.1. The van der Waals surface area contributed by atoms with E-state index in [9.17, 15) is 22.0 Å². The number of rotatable bonds is 3. The highest BCUT2D eigenvalue weighted by Crippen LogP contribution is 2.39. The van der Waals surface area contributed by atoms with E-state index in [0.29, 0.717) is 11.7 Å². The van der Waals surface area contributed by atoms with Crippen LogP contribution in [0.5, 0.6) is 11.6 Å². The number of fused-ring (bicyclic) bond motifs is 1. The number of halogens is 6. The van der Waals surface area contributed by atoms with Crippen molar-refractivity contribution in [3.8, 4) is 22.8 Å². The monoisotopic (exact) mass is 426 g/mol. The minimum absolute atomic E-state index is 0.0530. The van der Waals surface area contributed by atoms with Crippen LogP contribution < -0.4 is 4.74 Å². The Balaban J connectivity index is 1.84. The molecule has 4 rings (SSSR count). The lowest BCUT2D eigenvalue weighted by atomic mass is 10.0. The molecule has 0 radical (unpaired) electrons. The van der Waals surface area contributed by atoms with E-state index in [4.69, 9.17) is 16.3 Å². The Morgan fingerprint density at radius 1 is 0.897 bits per heavy atom. The van der Waals surface area contributed by atoms with Crippen molar-refractivity contribution < 1.29 is 26.7 Å². The van der Waals surface area contributed by atoms with E-state index in [2.05, 4.69) is 15.3 Å². The van der Waals surface area contributed by atoms with E-state index < -0.39 is 23.4 Å². The highest BCUT2D eigenvalue weighted by molar-refractivity contribution is 6.28. The summed E-state index contributed by atoms with van der Waals surface area (Å²) in [4.78, 5) is 0. The van der Waals surface area contributed by atoms with Crippen LogP contribution in [0.15, 0.2) is 48.5 Å². The molecule has 0 amide bonds. The summed E-state index contributed by atoms with van der Waals surface area (Å²) in [6.07, 6.45) is -4.67. The normalized spacial score (nSPS) is 11.8. The molecule has 5 nitrogen and oxygen atoms in total. The Hall–Kier alpha value is -3.27. The van der Waals surface area contributed by atoms with Gasteiger partial charge in [-0.1, -0.05) is 0 Å². The Kier molecular flexibility index (Phi) is 4.58. The molecule has 0 aliphatic heterocycles. The Morgan fingerprint density at radius 3 is 2.41 bits per heavy atom. The van der Waals surface area contributed by atoms with E-state index in [-0.39, 0.29) is 28.0 Å². The molecule has 4 aromatic rings. The Morgan fingerprint density at radius 2 is 1.69 bits per heavy atom. The van der Waals surface area contributed by atoms with Crippen molar-refractivity contribution in [1.82, 2.24) is 19.8 Å². The molecule has 0 N–H and O–H groups in total. The maximum Gasteiger partial charge on any atom is 0.416 e. The zero-order chi connectivity index (χ0) is 20.8. The van der Waals surface area contributed by atoms with Gasteiger partial charge in [0.25, 0.3) is 0 Å². The highest BCUT2D eigenvalue weighted by atomic mass is 35.5. The fourth-order valence-corrected chi connectivity index (χ4v) is 2.79. The molecule has 11 heteroatoms. The molecule has 0 saturated carbocycles. The lowest BCUT2D eigenvalue weighted by Gasteiger charge is -2.15. The molecule has 0 unspecified atom stereocenters. The second-order valence-corrected chi connectivity index (χ2v) is 6.18. The Labute approximate surface area is 164 Å². The van der Waals surface area contributed by atoms with Crippen LogP contribution in [0.25, 0.3) is 16.8 Å². The van der Waals surface area contributed by atoms with Crippen LogP contribution >= 0.6 is 11.6 Å². The zero-order valence-corrected chi connectivity index (χ0v) is 14.8. The van der Waals surface area contributed by atoms with Crippen LogP contribution in [-0.4, -0.2) is 19.8 Å². The van der Waals surface area contributed by atoms with Crippen molar-refractivity contribution in [3.63, 3.8) is 0 Å². The first-order valence-corrected chi connectivity index (χ1v) is 8.32. The lowest BCUT2D eigenvalue weighted by Crippen LogP contribution is -2.06. The average Bonchev–Trinajstić information content (AvgIpc) is 3.02. The van der Waals surface area contributed by atoms with Crippen molar-refractivity contribution in [2.45, 2.75) is 6.18 Å². The van der Waals surface area contributed by atoms with Gasteiger partial charge in [-0.3, -0.25) is 0 Å². The van der Waals surface area contributed by atoms with Crippen molar-refractivity contribution in [3.05, 3.63) is 71.0 Å². The van der Waals surface area contributed by atoms with Gasteiger partial charge in [-0.15, -0.1) is 15.3 Å². The van der Waals surface area contributed by atoms with Gasteiger partial charge in [-0.2, -0.15) is 17.7 Å². The van der Waals surface area contributed by atoms with Crippen molar-refractivity contribution in [2.75, 3.05) is 0 Å². The highest BCUT2D eigenvalue weighted by Gasteiger charge is 2.31. The van der Waals surface area contributed by atoms with Gasteiger partial charge >= 0.3 is 6.18 Å². The predicted octanol–water partition coefficient (Wildman–Crippen LogP) is 5.53. The third-order valence-corrected chi connectivity index (χ3v) is 4.18. The van der Waals surface area contributed by atoms with Crippen LogP contribution in [0.3, 0.4) is 0 Å². The Bertz CT molecular complexity index is 1220. The van der Waals surface area contributed by atoms with Gasteiger partial charge < -0.3 is 4.74 Å². The number of hydrogen-bond acceptors (Lipinski definition) is 4. The summed E-state index contributed by atoms with van der Waals surface area (Å²) in [5, 5.41) is 11.3. The van der Waals surface area contributed by atoms with E-state index in [1.807, 2.05) is 0 Å². The number of benzene rings is 2. The van der Waals surface area contributed by atoms with Gasteiger partial charge in [0.15, 0.2) is 5.65 Å². The summed E-state index contributed by atoms with van der Waals surface area (Å²) in [6.45, 7) is 0. The molecule has 0 aliphatic rings. The van der Waals surface area contributed by atoms with Gasteiger partial charge in [-0.05, 0) is 48.0 Å². The van der Waals surface area contributed by atoms with Crippen LogP contribution in [0.4, 0.5) is 22.0 Å². The van der Waals surface area contributed by atoms with Crippen molar-refractivity contribution in [2.24, 2.45) is 0 Å². The SMILES string of the molecule is Fc1ccc(-c2cc(C(F)(F)F)ccc2Oc2ccc3nnc(Cl)n3n2)c(F)c1. The van der Waals surface area contributed by atoms with Crippen LogP contribution in [0.1, 0.15) is 5.56 Å². The minimum Gasteiger partial charge on any atom is -0.437 e. The lowest BCUT2D eigenvalue weighted by molar-refractivity contribution is -0.137. The second kappa shape index (κ2) is 6.96. The maximum absolute atomic E-state index is 14.3. The third kappa shape index (κ3) is 3.70. The standard InChI is InChI=1S/C18H8ClF5N4O/c19-17-26-25-15-5-6-16(27-28(15)17)29-14-4-1-9(18(22,23)24)7-12(14)11-3-2-10(20)8-13(11)21/h1-8H. The molecular weight excluding hydrogens is 419 g/mol. The van der Waals surface area contributed by atoms with E-state index >= 15 is 0 Å². The molecule has 0 saturated heterocycles. The van der Waals surface area contributed by atoms with E-state index in [1.54, 1.807) is 0 Å². The van der Waals surface area contributed by atoms with Crippen LogP contribution in [-0.2, 0) is 6.18 Å². The van der Waals surface area contributed by atoms with Crippen molar-refractivity contribution in [1.29, 1.82) is 0 Å². The smallest absolute Gasteiger partial charge is 0.416 e. The molecule has 148 valence electrons. The topological polar surface area (TPSA) is 52.3 Å². The fraction of sp³-hybridized carbons (Fsp3) is 0.0556. The summed E-state index contributed by atoms with van der Waals surface area (Å²) < 4.78 is 73.7. The maximum atomic E-state index is 14.3. The van der Waals surface area contributed by atoms with E-state index in [1.165, 1.54) is 12.1 Å². The van der Waals surface area contributed by atoms with Gasteiger partial charge in [0.2, 0.25) is 11.2 Å². The summed E-state index contributed by atoms with van der Waals surface area (Å²) in [7, 11) is 0. The molecule has 0 bridgehead atoms. The van der Waals surface area contributed by atoms with E-state index in [0.717, 1.165) is 34.8 Å². The average molecular weight is 427 g/mol. The molecule has 0 atom stereocenters. The van der Waals surface area contributed by atoms with Crippen LogP contribution in [0, 0.1) is 11.6 Å².